The molecular formula is C25H26FN3O3. The summed E-state index contributed by atoms with van der Waals surface area (Å²) in [4.78, 5) is 11.8. The number of carbonyl (C=O) groups is 1. The SMILES string of the molecule is COc1cc(-n2c(C(C)C)c([C@H]3C[C@](C)(C(=O)O)C3)c3cc4[nH]ncc4cc32)ccc1F. The first kappa shape index (κ1) is 20.5. The van der Waals surface area contributed by atoms with Gasteiger partial charge in [-0.05, 0) is 61.4 Å². The standard InChI is InChI=1S/C25H26FN3O3/c1-13(2)23-22(15-10-25(3,11-15)24(30)31)17-9-19-14(12-27-28-19)7-20(17)29(23)16-5-6-18(26)21(8-16)32-4/h5-9,12-13,15H,10-11H2,1-4H3,(H,27,28)(H,30,31)/t15-,25-. The maximum atomic E-state index is 14.2. The third kappa shape index (κ3) is 2.91. The lowest BCUT2D eigenvalue weighted by Gasteiger charge is -2.42. The Balaban J connectivity index is 1.81. The van der Waals surface area contributed by atoms with Gasteiger partial charge >= 0.3 is 5.97 Å². The Kier molecular flexibility index (Phi) is 4.55. The molecule has 0 bridgehead atoms. The van der Waals surface area contributed by atoms with Gasteiger partial charge in [0.25, 0.3) is 0 Å². The van der Waals surface area contributed by atoms with E-state index in [0.717, 1.165) is 33.2 Å². The number of aliphatic carboxylic acids is 1. The lowest BCUT2D eigenvalue weighted by atomic mass is 9.60. The lowest BCUT2D eigenvalue weighted by Crippen LogP contribution is -2.40. The van der Waals surface area contributed by atoms with Gasteiger partial charge in [-0.3, -0.25) is 9.89 Å². The van der Waals surface area contributed by atoms with Crippen molar-refractivity contribution < 1.29 is 19.0 Å². The predicted molar refractivity (Wildman–Crippen MR) is 121 cm³/mol. The third-order valence-corrected chi connectivity index (χ3v) is 6.86. The van der Waals surface area contributed by atoms with E-state index >= 15 is 0 Å². The zero-order valence-corrected chi connectivity index (χ0v) is 18.6. The molecule has 1 saturated carbocycles. The smallest absolute Gasteiger partial charge is 0.309 e. The number of hydrogen-bond acceptors (Lipinski definition) is 3. The van der Waals surface area contributed by atoms with Crippen LogP contribution in [0, 0.1) is 11.2 Å². The summed E-state index contributed by atoms with van der Waals surface area (Å²) in [6.07, 6.45) is 2.97. The van der Waals surface area contributed by atoms with Crippen molar-refractivity contribution in [3.63, 3.8) is 0 Å². The van der Waals surface area contributed by atoms with Crippen molar-refractivity contribution in [1.29, 1.82) is 0 Å². The highest BCUT2D eigenvalue weighted by Gasteiger charge is 2.48. The number of nitrogens with zero attached hydrogens (tertiary/aromatic N) is 2. The van der Waals surface area contributed by atoms with Crippen LogP contribution in [0.25, 0.3) is 27.5 Å². The average Bonchev–Trinajstić information content (AvgIpc) is 3.31. The molecule has 0 spiro atoms. The van der Waals surface area contributed by atoms with E-state index in [2.05, 4.69) is 40.7 Å². The fraction of sp³-hybridized carbons (Fsp3) is 0.360. The van der Waals surface area contributed by atoms with E-state index in [1.807, 2.05) is 6.92 Å². The molecule has 7 heteroatoms. The molecule has 2 aromatic heterocycles. The number of methoxy groups -OCH3 is 1. The van der Waals surface area contributed by atoms with Crippen molar-refractivity contribution in [3.8, 4) is 11.4 Å². The highest BCUT2D eigenvalue weighted by atomic mass is 19.1. The van der Waals surface area contributed by atoms with Crippen LogP contribution in [0.5, 0.6) is 5.75 Å². The zero-order valence-electron chi connectivity index (χ0n) is 18.6. The molecule has 4 aromatic rings. The predicted octanol–water partition coefficient (Wildman–Crippen LogP) is 5.75. The maximum absolute atomic E-state index is 14.2. The summed E-state index contributed by atoms with van der Waals surface area (Å²) >= 11 is 0. The summed E-state index contributed by atoms with van der Waals surface area (Å²) in [5, 5.41) is 18.9. The van der Waals surface area contributed by atoms with Gasteiger partial charge in [-0.15, -0.1) is 0 Å². The Morgan fingerprint density at radius 2 is 2.06 bits per heavy atom. The summed E-state index contributed by atoms with van der Waals surface area (Å²) in [6, 6.07) is 9.09. The van der Waals surface area contributed by atoms with Crippen molar-refractivity contribution in [2.45, 2.75) is 45.4 Å². The molecule has 0 aliphatic heterocycles. The summed E-state index contributed by atoms with van der Waals surface area (Å²) in [6.45, 7) is 6.09. The van der Waals surface area contributed by atoms with E-state index in [9.17, 15) is 14.3 Å². The lowest BCUT2D eigenvalue weighted by molar-refractivity contribution is -0.154. The van der Waals surface area contributed by atoms with Gasteiger partial charge < -0.3 is 14.4 Å². The van der Waals surface area contributed by atoms with E-state index in [1.165, 1.54) is 18.7 Å². The number of aromatic nitrogens is 3. The molecule has 0 amide bonds. The molecule has 2 aromatic carbocycles. The van der Waals surface area contributed by atoms with Crippen LogP contribution in [0.4, 0.5) is 4.39 Å². The average molecular weight is 435 g/mol. The van der Waals surface area contributed by atoms with Crippen LogP contribution in [-0.4, -0.2) is 33.0 Å². The second-order valence-corrected chi connectivity index (χ2v) is 9.41. The Bertz CT molecular complexity index is 1360. The topological polar surface area (TPSA) is 80.1 Å². The molecule has 6 nitrogen and oxygen atoms in total. The third-order valence-electron chi connectivity index (χ3n) is 6.86. The van der Waals surface area contributed by atoms with E-state index in [0.29, 0.717) is 12.8 Å². The number of hydrogen-bond donors (Lipinski definition) is 2. The van der Waals surface area contributed by atoms with Gasteiger partial charge in [0.15, 0.2) is 11.6 Å². The molecular weight excluding hydrogens is 409 g/mol. The van der Waals surface area contributed by atoms with Crippen LogP contribution in [0.3, 0.4) is 0 Å². The molecule has 1 aliphatic carbocycles. The summed E-state index contributed by atoms with van der Waals surface area (Å²) in [5.41, 5.74) is 4.33. The second-order valence-electron chi connectivity index (χ2n) is 9.41. The van der Waals surface area contributed by atoms with Gasteiger partial charge in [-0.1, -0.05) is 13.8 Å². The molecule has 32 heavy (non-hydrogen) atoms. The number of carboxylic acid groups (broad SMARTS) is 1. The maximum Gasteiger partial charge on any atom is 0.309 e. The summed E-state index contributed by atoms with van der Waals surface area (Å²) in [7, 11) is 1.46. The van der Waals surface area contributed by atoms with Crippen LogP contribution in [0.15, 0.2) is 36.5 Å². The van der Waals surface area contributed by atoms with E-state index in [-0.39, 0.29) is 17.6 Å². The zero-order chi connectivity index (χ0) is 22.8. The van der Waals surface area contributed by atoms with Crippen molar-refractivity contribution in [2.75, 3.05) is 7.11 Å². The van der Waals surface area contributed by atoms with Gasteiger partial charge in [0.1, 0.15) is 0 Å². The number of benzene rings is 2. The normalized spacial score (nSPS) is 20.8. The molecule has 0 atom stereocenters. The van der Waals surface area contributed by atoms with Gasteiger partial charge in [-0.2, -0.15) is 5.10 Å². The van der Waals surface area contributed by atoms with Crippen LogP contribution in [0.1, 0.15) is 56.7 Å². The van der Waals surface area contributed by atoms with Crippen molar-refractivity contribution in [2.24, 2.45) is 5.41 Å². The Labute approximate surface area is 185 Å². The van der Waals surface area contributed by atoms with Crippen LogP contribution in [-0.2, 0) is 4.79 Å². The molecule has 1 aliphatic rings. The second kappa shape index (κ2) is 7.08. The Morgan fingerprint density at radius 3 is 2.72 bits per heavy atom. The first-order valence-corrected chi connectivity index (χ1v) is 10.8. The quantitative estimate of drug-likeness (QED) is 0.419. The van der Waals surface area contributed by atoms with E-state index in [1.54, 1.807) is 18.3 Å². The van der Waals surface area contributed by atoms with Gasteiger partial charge in [0.2, 0.25) is 0 Å². The molecule has 0 saturated heterocycles. The molecule has 0 unspecified atom stereocenters. The Morgan fingerprint density at radius 1 is 1.31 bits per heavy atom. The summed E-state index contributed by atoms with van der Waals surface area (Å²) < 4.78 is 21.6. The number of carboxylic acids is 1. The molecule has 2 heterocycles. The van der Waals surface area contributed by atoms with Gasteiger partial charge in [0, 0.05) is 28.2 Å². The first-order chi connectivity index (χ1) is 15.2. The molecule has 5 rings (SSSR count). The highest BCUT2D eigenvalue weighted by Crippen LogP contribution is 2.55. The number of fused-ring (bicyclic) bond motifs is 2. The first-order valence-electron chi connectivity index (χ1n) is 10.8. The number of nitrogens with one attached hydrogen (secondary N) is 1. The van der Waals surface area contributed by atoms with Crippen LogP contribution < -0.4 is 4.74 Å². The van der Waals surface area contributed by atoms with Gasteiger partial charge in [-0.25, -0.2) is 4.39 Å². The molecule has 0 radical (unpaired) electrons. The van der Waals surface area contributed by atoms with Crippen molar-refractivity contribution in [1.82, 2.24) is 14.8 Å². The number of aromatic amines is 1. The van der Waals surface area contributed by atoms with Crippen LogP contribution in [0.2, 0.25) is 0 Å². The minimum atomic E-state index is -0.747. The number of H-pyrrole nitrogens is 1. The Hall–Kier alpha value is -3.35. The molecule has 2 N–H and O–H groups in total. The fourth-order valence-electron chi connectivity index (χ4n) is 5.24. The number of halogens is 1. The molecule has 1 fully saturated rings. The van der Waals surface area contributed by atoms with E-state index < -0.39 is 17.2 Å². The number of ether oxygens (including phenoxy) is 1. The highest BCUT2D eigenvalue weighted by molar-refractivity contribution is 5.99. The fourth-order valence-corrected chi connectivity index (χ4v) is 5.24. The van der Waals surface area contributed by atoms with Crippen molar-refractivity contribution >= 4 is 27.8 Å². The number of rotatable bonds is 5. The van der Waals surface area contributed by atoms with Crippen molar-refractivity contribution in [3.05, 3.63) is 53.6 Å². The molecule has 166 valence electrons. The van der Waals surface area contributed by atoms with E-state index in [4.69, 9.17) is 4.74 Å². The monoisotopic (exact) mass is 435 g/mol. The van der Waals surface area contributed by atoms with Gasteiger partial charge in [0.05, 0.1) is 29.8 Å². The minimum Gasteiger partial charge on any atom is -0.494 e. The summed E-state index contributed by atoms with van der Waals surface area (Å²) in [5.74, 6) is -0.663. The minimum absolute atomic E-state index is 0.139. The largest absolute Gasteiger partial charge is 0.494 e. The van der Waals surface area contributed by atoms with Crippen LogP contribution >= 0.6 is 0 Å².